The largest absolute Gasteiger partial charge is 0.482 e. The fraction of sp³-hybridized carbons (Fsp3) is 0.250. The predicted octanol–water partition coefficient (Wildman–Crippen LogP) is 6.06. The first kappa shape index (κ1) is 22.9. The molecule has 0 radical (unpaired) electrons. The molecule has 1 aromatic heterocycles. The predicted molar refractivity (Wildman–Crippen MR) is 125 cm³/mol. The van der Waals surface area contributed by atoms with Gasteiger partial charge in [0.15, 0.2) is 17.1 Å². The number of nitrogens with one attached hydrogen (secondary N) is 1. The zero-order valence-electron chi connectivity index (χ0n) is 16.4. The van der Waals surface area contributed by atoms with Gasteiger partial charge in [-0.05, 0) is 55.8 Å². The van der Waals surface area contributed by atoms with E-state index in [-0.39, 0.29) is 17.8 Å². The van der Waals surface area contributed by atoms with E-state index in [9.17, 15) is 4.79 Å². The number of hydrogen-bond donors (Lipinski definition) is 1. The van der Waals surface area contributed by atoms with Crippen LogP contribution in [0.25, 0.3) is 0 Å². The van der Waals surface area contributed by atoms with Crippen LogP contribution in [0.4, 0.5) is 5.69 Å². The number of rotatable bonds is 7. The molecule has 0 aliphatic rings. The number of halogens is 3. The Kier molecular flexibility index (Phi) is 7.68. The lowest BCUT2D eigenvalue weighted by atomic mass is 10.2. The number of anilines is 1. The number of hydrogen-bond acceptors (Lipinski definition) is 5. The third-order valence-electron chi connectivity index (χ3n) is 4.21. The Balaban J connectivity index is 1.61. The highest BCUT2D eigenvalue weighted by molar-refractivity contribution is 9.10. The lowest BCUT2D eigenvalue weighted by molar-refractivity contribution is -0.113. The van der Waals surface area contributed by atoms with E-state index in [2.05, 4.69) is 31.4 Å². The second kappa shape index (κ2) is 10.0. The zero-order valence-corrected chi connectivity index (χ0v) is 20.4. The van der Waals surface area contributed by atoms with Gasteiger partial charge < -0.3 is 14.6 Å². The summed E-state index contributed by atoms with van der Waals surface area (Å²) in [7, 11) is 1.84. The molecule has 10 heteroatoms. The number of carbonyl (C=O) groups excluding carboxylic acids is 1. The monoisotopic (exact) mass is 528 g/mol. The number of aryl methyl sites for hydroxylation is 1. The molecule has 1 heterocycles. The molecule has 0 aliphatic carbocycles. The van der Waals surface area contributed by atoms with E-state index in [1.165, 1.54) is 11.8 Å². The van der Waals surface area contributed by atoms with Crippen molar-refractivity contribution in [3.8, 4) is 5.75 Å². The van der Waals surface area contributed by atoms with Gasteiger partial charge in [-0.2, -0.15) is 0 Å². The zero-order chi connectivity index (χ0) is 21.8. The molecule has 1 N–H and O–H groups in total. The van der Waals surface area contributed by atoms with Crippen LogP contribution < -0.4 is 10.1 Å². The summed E-state index contributed by atoms with van der Waals surface area (Å²) < 4.78 is 8.68. The summed E-state index contributed by atoms with van der Waals surface area (Å²) in [5.41, 5.74) is 1.50. The first-order valence-electron chi connectivity index (χ1n) is 8.94. The summed E-state index contributed by atoms with van der Waals surface area (Å²) >= 11 is 16.8. The molecule has 0 spiro atoms. The van der Waals surface area contributed by atoms with Crippen molar-refractivity contribution in [3.05, 3.63) is 62.3 Å². The number of carbonyl (C=O) groups is 1. The molecule has 1 atom stereocenters. The van der Waals surface area contributed by atoms with Crippen LogP contribution in [0.5, 0.6) is 5.75 Å². The maximum absolute atomic E-state index is 12.3. The molecule has 0 aliphatic heterocycles. The van der Waals surface area contributed by atoms with Gasteiger partial charge in [0.05, 0.1) is 16.5 Å². The molecule has 0 saturated carbocycles. The highest BCUT2D eigenvalue weighted by Gasteiger charge is 2.19. The van der Waals surface area contributed by atoms with Gasteiger partial charge in [0, 0.05) is 16.5 Å². The summed E-state index contributed by atoms with van der Waals surface area (Å²) in [4.78, 5) is 12.3. The Morgan fingerprint density at radius 3 is 2.73 bits per heavy atom. The molecule has 0 fully saturated rings. The van der Waals surface area contributed by atoms with Crippen molar-refractivity contribution >= 4 is 62.5 Å². The van der Waals surface area contributed by atoms with Crippen LogP contribution in [0.1, 0.15) is 24.4 Å². The number of aromatic nitrogens is 3. The van der Waals surface area contributed by atoms with Crippen LogP contribution in [0.15, 0.2) is 46.0 Å². The molecule has 0 saturated heterocycles. The fourth-order valence-corrected chi connectivity index (χ4v) is 4.37. The van der Waals surface area contributed by atoms with E-state index in [4.69, 9.17) is 27.9 Å². The third-order valence-corrected chi connectivity index (χ3v) is 6.27. The Labute approximate surface area is 197 Å². The van der Waals surface area contributed by atoms with Crippen molar-refractivity contribution in [1.29, 1.82) is 0 Å². The fourth-order valence-electron chi connectivity index (χ4n) is 2.70. The smallest absolute Gasteiger partial charge is 0.234 e. The van der Waals surface area contributed by atoms with Gasteiger partial charge in [-0.1, -0.05) is 50.9 Å². The SMILES string of the molecule is Cc1cc(Cl)ccc1OC(C)c1nnc(SCC(=O)Nc2ccc(Br)cc2Cl)n1C. The molecule has 158 valence electrons. The Hall–Kier alpha value is -1.74. The average Bonchev–Trinajstić information content (AvgIpc) is 3.05. The van der Waals surface area contributed by atoms with Crippen molar-refractivity contribution in [3.63, 3.8) is 0 Å². The minimum atomic E-state index is -0.327. The minimum absolute atomic E-state index is 0.171. The lowest BCUT2D eigenvalue weighted by Crippen LogP contribution is -2.15. The molecule has 1 amide bonds. The average molecular weight is 530 g/mol. The van der Waals surface area contributed by atoms with E-state index in [1.54, 1.807) is 18.2 Å². The van der Waals surface area contributed by atoms with Gasteiger partial charge in [-0.3, -0.25) is 4.79 Å². The second-order valence-corrected chi connectivity index (χ2v) is 9.23. The van der Waals surface area contributed by atoms with E-state index in [0.717, 1.165) is 15.8 Å². The number of nitrogens with zero attached hydrogens (tertiary/aromatic N) is 3. The Morgan fingerprint density at radius 1 is 1.27 bits per heavy atom. The Morgan fingerprint density at radius 2 is 2.03 bits per heavy atom. The van der Waals surface area contributed by atoms with Crippen molar-refractivity contribution < 1.29 is 9.53 Å². The van der Waals surface area contributed by atoms with E-state index >= 15 is 0 Å². The molecular formula is C20H19BrCl2N4O2S. The third kappa shape index (κ3) is 5.69. The number of benzene rings is 2. The molecule has 3 aromatic rings. The van der Waals surface area contributed by atoms with Crippen molar-refractivity contribution in [2.24, 2.45) is 7.05 Å². The van der Waals surface area contributed by atoms with Gasteiger partial charge in [-0.25, -0.2) is 0 Å². The van der Waals surface area contributed by atoms with Gasteiger partial charge in [0.1, 0.15) is 5.75 Å². The maximum atomic E-state index is 12.3. The summed E-state index contributed by atoms with van der Waals surface area (Å²) in [5.74, 6) is 1.37. The van der Waals surface area contributed by atoms with E-state index < -0.39 is 0 Å². The van der Waals surface area contributed by atoms with Crippen LogP contribution >= 0.6 is 50.9 Å². The van der Waals surface area contributed by atoms with Crippen molar-refractivity contribution in [2.75, 3.05) is 11.1 Å². The number of amides is 1. The highest BCUT2D eigenvalue weighted by atomic mass is 79.9. The Bertz CT molecular complexity index is 1080. The van der Waals surface area contributed by atoms with Crippen LogP contribution in [-0.2, 0) is 11.8 Å². The van der Waals surface area contributed by atoms with Gasteiger partial charge in [0.25, 0.3) is 0 Å². The van der Waals surface area contributed by atoms with Gasteiger partial charge >= 0.3 is 0 Å². The summed E-state index contributed by atoms with van der Waals surface area (Å²) in [6.07, 6.45) is -0.327. The standard InChI is InChI=1S/C20H19BrCl2N4O2S/c1-11-8-14(22)5-7-17(11)29-12(2)19-25-26-20(27(19)3)30-10-18(28)24-16-6-4-13(21)9-15(16)23/h4-9,12H,10H2,1-3H3,(H,24,28). The molecular weight excluding hydrogens is 511 g/mol. The summed E-state index contributed by atoms with van der Waals surface area (Å²) in [6.45, 7) is 3.83. The summed E-state index contributed by atoms with van der Waals surface area (Å²) in [6, 6.07) is 10.7. The van der Waals surface area contributed by atoms with Crippen molar-refractivity contribution in [1.82, 2.24) is 14.8 Å². The van der Waals surface area contributed by atoms with Crippen LogP contribution in [0.3, 0.4) is 0 Å². The van der Waals surface area contributed by atoms with Crippen LogP contribution in [-0.4, -0.2) is 26.4 Å². The summed E-state index contributed by atoms with van der Waals surface area (Å²) in [5, 5.41) is 12.9. The first-order valence-corrected chi connectivity index (χ1v) is 11.5. The van der Waals surface area contributed by atoms with Crippen LogP contribution in [0, 0.1) is 6.92 Å². The normalized spacial score (nSPS) is 11.9. The number of ether oxygens (including phenoxy) is 1. The molecule has 2 aromatic carbocycles. The van der Waals surface area contributed by atoms with E-state index in [1.807, 2.05) is 43.7 Å². The quantitative estimate of drug-likeness (QED) is 0.376. The van der Waals surface area contributed by atoms with Crippen LogP contribution in [0.2, 0.25) is 10.0 Å². The molecule has 0 bridgehead atoms. The highest BCUT2D eigenvalue weighted by Crippen LogP contribution is 2.28. The van der Waals surface area contributed by atoms with Gasteiger partial charge in [-0.15, -0.1) is 10.2 Å². The minimum Gasteiger partial charge on any atom is -0.482 e. The molecule has 3 rings (SSSR count). The molecule has 30 heavy (non-hydrogen) atoms. The molecule has 1 unspecified atom stereocenters. The van der Waals surface area contributed by atoms with Crippen molar-refractivity contribution in [2.45, 2.75) is 25.1 Å². The second-order valence-electron chi connectivity index (χ2n) is 6.53. The van der Waals surface area contributed by atoms with E-state index in [0.29, 0.717) is 26.7 Å². The molecule has 6 nitrogen and oxygen atoms in total. The lowest BCUT2D eigenvalue weighted by Gasteiger charge is -2.16. The first-order chi connectivity index (χ1) is 14.2. The topological polar surface area (TPSA) is 69.0 Å². The van der Waals surface area contributed by atoms with Gasteiger partial charge in [0.2, 0.25) is 5.91 Å². The maximum Gasteiger partial charge on any atom is 0.234 e. The number of thioether (sulfide) groups is 1.